The monoisotopic (exact) mass is 325 g/mol. The summed E-state index contributed by atoms with van der Waals surface area (Å²) in [5.74, 6) is -0.109. The lowest BCUT2D eigenvalue weighted by atomic mass is 10.1. The minimum Gasteiger partial charge on any atom is -0.471 e. The number of oxazole rings is 1. The van der Waals surface area contributed by atoms with Gasteiger partial charge < -0.3 is 14.1 Å². The van der Waals surface area contributed by atoms with Gasteiger partial charge in [0.15, 0.2) is 5.58 Å². The SMILES string of the molecule is O=C(Cn1c(=O)oc2ccccc21)N1CC(Oc2ccccn2)C1. The number of carbonyl (C=O) groups is 1. The highest BCUT2D eigenvalue weighted by atomic mass is 16.5. The van der Waals surface area contributed by atoms with Crippen LogP contribution < -0.4 is 10.5 Å². The Bertz CT molecular complexity index is 926. The summed E-state index contributed by atoms with van der Waals surface area (Å²) in [6, 6.07) is 12.5. The van der Waals surface area contributed by atoms with Crippen molar-refractivity contribution in [2.75, 3.05) is 13.1 Å². The molecule has 0 N–H and O–H groups in total. The van der Waals surface area contributed by atoms with Crippen LogP contribution in [0.3, 0.4) is 0 Å². The van der Waals surface area contributed by atoms with Crippen LogP contribution in [0.15, 0.2) is 57.9 Å². The molecule has 0 aliphatic carbocycles. The molecule has 1 amide bonds. The van der Waals surface area contributed by atoms with Crippen molar-refractivity contribution in [1.82, 2.24) is 14.5 Å². The van der Waals surface area contributed by atoms with E-state index in [4.69, 9.17) is 9.15 Å². The summed E-state index contributed by atoms with van der Waals surface area (Å²) < 4.78 is 12.2. The van der Waals surface area contributed by atoms with Crippen LogP contribution in [0.1, 0.15) is 0 Å². The summed E-state index contributed by atoms with van der Waals surface area (Å²) in [5, 5.41) is 0. The minimum atomic E-state index is -0.522. The molecule has 0 atom stereocenters. The molecule has 24 heavy (non-hydrogen) atoms. The number of fused-ring (bicyclic) bond motifs is 1. The highest BCUT2D eigenvalue weighted by molar-refractivity contribution is 5.80. The molecule has 1 aliphatic rings. The van der Waals surface area contributed by atoms with E-state index in [-0.39, 0.29) is 18.6 Å². The molecule has 1 aromatic carbocycles. The van der Waals surface area contributed by atoms with Gasteiger partial charge in [-0.1, -0.05) is 18.2 Å². The maximum Gasteiger partial charge on any atom is 0.420 e. The van der Waals surface area contributed by atoms with Gasteiger partial charge in [-0.05, 0) is 18.2 Å². The second-order valence-corrected chi connectivity index (χ2v) is 5.63. The fraction of sp³-hybridized carbons (Fsp3) is 0.235. The lowest BCUT2D eigenvalue weighted by Gasteiger charge is -2.38. The van der Waals surface area contributed by atoms with Gasteiger partial charge in [0, 0.05) is 12.3 Å². The minimum absolute atomic E-state index is 0.0356. The summed E-state index contributed by atoms with van der Waals surface area (Å²) in [6.45, 7) is 0.937. The molecule has 1 fully saturated rings. The number of nitrogens with zero attached hydrogens (tertiary/aromatic N) is 3. The zero-order chi connectivity index (χ0) is 16.5. The van der Waals surface area contributed by atoms with Crippen LogP contribution in [0.25, 0.3) is 11.1 Å². The van der Waals surface area contributed by atoms with Crippen molar-refractivity contribution >= 4 is 17.0 Å². The van der Waals surface area contributed by atoms with Crippen molar-refractivity contribution in [1.29, 1.82) is 0 Å². The molecule has 1 saturated heterocycles. The molecule has 7 nitrogen and oxygen atoms in total. The summed E-state index contributed by atoms with van der Waals surface area (Å²) in [4.78, 5) is 30.0. The van der Waals surface area contributed by atoms with Crippen LogP contribution in [0, 0.1) is 0 Å². The van der Waals surface area contributed by atoms with Crippen LogP contribution >= 0.6 is 0 Å². The van der Waals surface area contributed by atoms with Crippen molar-refractivity contribution < 1.29 is 13.9 Å². The van der Waals surface area contributed by atoms with Gasteiger partial charge in [-0.15, -0.1) is 0 Å². The predicted molar refractivity (Wildman–Crippen MR) is 85.7 cm³/mol. The lowest BCUT2D eigenvalue weighted by Crippen LogP contribution is -2.57. The van der Waals surface area contributed by atoms with E-state index in [2.05, 4.69) is 4.98 Å². The molecular formula is C17H15N3O4. The second kappa shape index (κ2) is 5.84. The molecule has 0 bridgehead atoms. The number of rotatable bonds is 4. The molecule has 3 heterocycles. The van der Waals surface area contributed by atoms with Crippen LogP contribution in [-0.4, -0.2) is 39.6 Å². The normalized spacial score (nSPS) is 14.6. The Morgan fingerprint density at radius 2 is 2.00 bits per heavy atom. The molecule has 3 aromatic rings. The zero-order valence-electron chi connectivity index (χ0n) is 12.8. The molecule has 0 spiro atoms. The Hall–Kier alpha value is -3.09. The maximum absolute atomic E-state index is 12.3. The van der Waals surface area contributed by atoms with Gasteiger partial charge in [0.05, 0.1) is 18.6 Å². The topological polar surface area (TPSA) is 77.6 Å². The van der Waals surface area contributed by atoms with Crippen molar-refractivity contribution in [2.45, 2.75) is 12.6 Å². The summed E-state index contributed by atoms with van der Waals surface area (Å²) >= 11 is 0. The van der Waals surface area contributed by atoms with E-state index in [1.165, 1.54) is 4.57 Å². The Labute approximate surface area is 137 Å². The van der Waals surface area contributed by atoms with E-state index in [0.29, 0.717) is 30.1 Å². The third kappa shape index (κ3) is 2.64. The standard InChI is InChI=1S/C17H15N3O4/c21-16(11-20-13-5-1-2-6-14(13)24-17(20)22)19-9-12(10-19)23-15-7-3-4-8-18-15/h1-8,12H,9-11H2. The van der Waals surface area contributed by atoms with Crippen LogP contribution in [0.2, 0.25) is 0 Å². The van der Waals surface area contributed by atoms with Gasteiger partial charge in [-0.25, -0.2) is 9.78 Å². The molecule has 122 valence electrons. The molecule has 4 rings (SSSR count). The molecular weight excluding hydrogens is 310 g/mol. The van der Waals surface area contributed by atoms with Crippen molar-refractivity contribution in [3.63, 3.8) is 0 Å². The first kappa shape index (κ1) is 14.5. The Morgan fingerprint density at radius 3 is 2.79 bits per heavy atom. The summed E-state index contributed by atoms with van der Waals surface area (Å²) in [6.07, 6.45) is 1.59. The molecule has 1 aliphatic heterocycles. The van der Waals surface area contributed by atoms with Gasteiger partial charge in [-0.2, -0.15) is 0 Å². The average Bonchev–Trinajstić information content (AvgIpc) is 2.87. The van der Waals surface area contributed by atoms with Crippen molar-refractivity contribution in [3.8, 4) is 5.88 Å². The van der Waals surface area contributed by atoms with E-state index >= 15 is 0 Å². The van der Waals surface area contributed by atoms with E-state index in [0.717, 1.165) is 0 Å². The number of para-hydroxylation sites is 2. The fourth-order valence-electron chi connectivity index (χ4n) is 2.70. The number of ether oxygens (including phenoxy) is 1. The number of likely N-dealkylation sites (tertiary alicyclic amines) is 1. The van der Waals surface area contributed by atoms with Crippen molar-refractivity contribution in [2.24, 2.45) is 0 Å². The Balaban J connectivity index is 1.39. The third-order valence-electron chi connectivity index (χ3n) is 3.99. The highest BCUT2D eigenvalue weighted by Gasteiger charge is 2.33. The highest BCUT2D eigenvalue weighted by Crippen LogP contribution is 2.17. The number of pyridine rings is 1. The maximum atomic E-state index is 12.3. The van der Waals surface area contributed by atoms with E-state index in [1.54, 1.807) is 41.4 Å². The molecule has 0 radical (unpaired) electrons. The molecule has 2 aromatic heterocycles. The number of hydrogen-bond donors (Lipinski definition) is 0. The largest absolute Gasteiger partial charge is 0.471 e. The Kier molecular flexibility index (Phi) is 3.53. The van der Waals surface area contributed by atoms with E-state index < -0.39 is 5.76 Å². The lowest BCUT2D eigenvalue weighted by molar-refractivity contribution is -0.140. The quantitative estimate of drug-likeness (QED) is 0.722. The molecule has 0 unspecified atom stereocenters. The summed E-state index contributed by atoms with van der Waals surface area (Å²) in [7, 11) is 0. The fourth-order valence-corrected chi connectivity index (χ4v) is 2.70. The smallest absolute Gasteiger partial charge is 0.420 e. The van der Waals surface area contributed by atoms with Crippen LogP contribution in [0.5, 0.6) is 5.88 Å². The number of aromatic nitrogens is 2. The van der Waals surface area contributed by atoms with Gasteiger partial charge in [0.1, 0.15) is 12.6 Å². The van der Waals surface area contributed by atoms with E-state index in [9.17, 15) is 9.59 Å². The summed E-state index contributed by atoms with van der Waals surface area (Å²) in [5.41, 5.74) is 1.10. The van der Waals surface area contributed by atoms with E-state index in [1.807, 2.05) is 12.1 Å². The van der Waals surface area contributed by atoms with Gasteiger partial charge in [0.25, 0.3) is 0 Å². The number of amides is 1. The number of hydrogen-bond acceptors (Lipinski definition) is 5. The first-order valence-electron chi connectivity index (χ1n) is 7.64. The van der Waals surface area contributed by atoms with Gasteiger partial charge >= 0.3 is 5.76 Å². The number of carbonyl (C=O) groups excluding carboxylic acids is 1. The van der Waals surface area contributed by atoms with Gasteiger partial charge in [0.2, 0.25) is 11.8 Å². The first-order valence-corrected chi connectivity index (χ1v) is 7.64. The van der Waals surface area contributed by atoms with Gasteiger partial charge in [-0.3, -0.25) is 9.36 Å². The first-order chi connectivity index (χ1) is 11.7. The molecule has 7 heteroatoms. The Morgan fingerprint density at radius 1 is 1.21 bits per heavy atom. The third-order valence-corrected chi connectivity index (χ3v) is 3.99. The molecule has 0 saturated carbocycles. The zero-order valence-corrected chi connectivity index (χ0v) is 12.8. The number of benzene rings is 1. The van der Waals surface area contributed by atoms with Crippen LogP contribution in [0.4, 0.5) is 0 Å². The average molecular weight is 325 g/mol. The second-order valence-electron chi connectivity index (χ2n) is 5.63. The predicted octanol–water partition coefficient (Wildman–Crippen LogP) is 1.28. The van der Waals surface area contributed by atoms with Crippen LogP contribution in [-0.2, 0) is 11.3 Å². The van der Waals surface area contributed by atoms with Crippen molar-refractivity contribution in [3.05, 3.63) is 59.2 Å².